The van der Waals surface area contributed by atoms with Crippen LogP contribution >= 0.6 is 11.6 Å². The van der Waals surface area contributed by atoms with Gasteiger partial charge in [0.15, 0.2) is 12.4 Å². The maximum atomic E-state index is 13.1. The normalized spacial score (nSPS) is 10.9. The van der Waals surface area contributed by atoms with E-state index in [9.17, 15) is 9.59 Å². The Bertz CT molecular complexity index is 1300. The predicted molar refractivity (Wildman–Crippen MR) is 126 cm³/mol. The molecule has 1 amide bonds. The van der Waals surface area contributed by atoms with Gasteiger partial charge >= 0.3 is 0 Å². The van der Waals surface area contributed by atoms with Crippen LogP contribution in [0.1, 0.15) is 32.8 Å². The Labute approximate surface area is 191 Å². The number of amides is 1. The molecule has 0 spiro atoms. The molecule has 3 aromatic carbocycles. The van der Waals surface area contributed by atoms with Crippen LogP contribution in [0, 0.1) is 20.8 Å². The van der Waals surface area contributed by atoms with Crippen molar-refractivity contribution in [3.05, 3.63) is 93.7 Å². The van der Waals surface area contributed by atoms with Gasteiger partial charge in [0, 0.05) is 16.0 Å². The molecule has 0 aliphatic heterocycles. The van der Waals surface area contributed by atoms with E-state index in [-0.39, 0.29) is 18.2 Å². The molecule has 0 aliphatic carbocycles. The molecule has 0 unspecified atom stereocenters. The number of aryl methyl sites for hydroxylation is 3. The highest BCUT2D eigenvalue weighted by Gasteiger charge is 2.23. The van der Waals surface area contributed by atoms with Gasteiger partial charge in [-0.2, -0.15) is 0 Å². The van der Waals surface area contributed by atoms with Gasteiger partial charge in [-0.25, -0.2) is 0 Å². The monoisotopic (exact) mass is 447 g/mol. The van der Waals surface area contributed by atoms with Gasteiger partial charge in [-0.1, -0.05) is 53.6 Å². The maximum absolute atomic E-state index is 13.1. The van der Waals surface area contributed by atoms with Crippen molar-refractivity contribution in [2.24, 2.45) is 0 Å². The zero-order valence-corrected chi connectivity index (χ0v) is 18.7. The number of nitrogens with one attached hydrogen (secondary N) is 1. The molecule has 4 aromatic rings. The van der Waals surface area contributed by atoms with Crippen LogP contribution in [0.3, 0.4) is 0 Å². The molecule has 6 heteroatoms. The second-order valence-corrected chi connectivity index (χ2v) is 8.08. The Kier molecular flexibility index (Phi) is 6.01. The number of para-hydroxylation sites is 1. The molecule has 0 atom stereocenters. The summed E-state index contributed by atoms with van der Waals surface area (Å²) in [5, 5.41) is 4.12. The molecule has 5 nitrogen and oxygen atoms in total. The largest absolute Gasteiger partial charge is 0.484 e. The first-order valence-corrected chi connectivity index (χ1v) is 10.5. The maximum Gasteiger partial charge on any atom is 0.262 e. The molecule has 4 rings (SSSR count). The second-order valence-electron chi connectivity index (χ2n) is 7.71. The summed E-state index contributed by atoms with van der Waals surface area (Å²) in [4.78, 5) is 25.8. The van der Waals surface area contributed by atoms with Crippen molar-refractivity contribution >= 4 is 39.9 Å². The smallest absolute Gasteiger partial charge is 0.262 e. The number of furan rings is 1. The average molecular weight is 448 g/mol. The fraction of sp³-hybridized carbons (Fsp3) is 0.154. The predicted octanol–water partition coefficient (Wildman–Crippen LogP) is 6.26. The van der Waals surface area contributed by atoms with Gasteiger partial charge in [0.2, 0.25) is 5.78 Å². The first-order valence-electron chi connectivity index (χ1n) is 10.2. The van der Waals surface area contributed by atoms with Crippen LogP contribution in [0.4, 0.5) is 5.69 Å². The lowest BCUT2D eigenvalue weighted by atomic mass is 10.1. The molecule has 0 aliphatic rings. The molecule has 0 saturated heterocycles. The third kappa shape index (κ3) is 4.39. The fourth-order valence-corrected chi connectivity index (χ4v) is 3.59. The lowest BCUT2D eigenvalue weighted by Crippen LogP contribution is -2.21. The first-order chi connectivity index (χ1) is 15.3. The summed E-state index contributed by atoms with van der Waals surface area (Å²) in [6.07, 6.45) is 0. The number of fused-ring (bicyclic) bond motifs is 1. The van der Waals surface area contributed by atoms with Crippen molar-refractivity contribution in [1.29, 1.82) is 0 Å². The van der Waals surface area contributed by atoms with Crippen molar-refractivity contribution in [2.45, 2.75) is 20.8 Å². The van der Waals surface area contributed by atoms with Crippen LogP contribution in [-0.4, -0.2) is 18.3 Å². The van der Waals surface area contributed by atoms with E-state index in [0.717, 1.165) is 16.7 Å². The van der Waals surface area contributed by atoms with E-state index < -0.39 is 5.91 Å². The highest BCUT2D eigenvalue weighted by molar-refractivity contribution is 6.32. The summed E-state index contributed by atoms with van der Waals surface area (Å²) < 4.78 is 11.5. The minimum Gasteiger partial charge on any atom is -0.484 e. The third-order valence-electron chi connectivity index (χ3n) is 5.16. The topological polar surface area (TPSA) is 68.5 Å². The van der Waals surface area contributed by atoms with Crippen LogP contribution < -0.4 is 10.1 Å². The van der Waals surface area contributed by atoms with Crippen LogP contribution in [0.5, 0.6) is 5.75 Å². The zero-order valence-electron chi connectivity index (χ0n) is 18.0. The van der Waals surface area contributed by atoms with Gasteiger partial charge < -0.3 is 14.5 Å². The number of benzene rings is 3. The summed E-state index contributed by atoms with van der Waals surface area (Å²) in [6, 6.07) is 17.9. The zero-order chi connectivity index (χ0) is 22.8. The van der Waals surface area contributed by atoms with Crippen molar-refractivity contribution in [2.75, 3.05) is 11.9 Å². The number of ketones is 1. The second kappa shape index (κ2) is 8.89. The van der Waals surface area contributed by atoms with Crippen molar-refractivity contribution in [3.8, 4) is 5.75 Å². The Balaban J connectivity index is 1.59. The van der Waals surface area contributed by atoms with Gasteiger partial charge in [-0.05, 0) is 56.2 Å². The van der Waals surface area contributed by atoms with Gasteiger partial charge in [-0.3, -0.25) is 9.59 Å². The van der Waals surface area contributed by atoms with Gasteiger partial charge in [0.05, 0.1) is 5.69 Å². The van der Waals surface area contributed by atoms with E-state index in [1.807, 2.05) is 45.0 Å². The molecule has 0 radical (unpaired) electrons. The van der Waals surface area contributed by atoms with Gasteiger partial charge in [-0.15, -0.1) is 0 Å². The van der Waals surface area contributed by atoms with E-state index in [0.29, 0.717) is 33.0 Å². The first kappa shape index (κ1) is 21.7. The van der Waals surface area contributed by atoms with E-state index >= 15 is 0 Å². The summed E-state index contributed by atoms with van der Waals surface area (Å²) in [5.41, 5.74) is 4.12. The standard InChI is InChI=1S/C26H22ClNO4/c1-15-8-10-18(11-9-15)25(30)26-24(20-6-4-5-7-21(20)32-26)28-22(29)14-31-19-12-16(2)23(27)17(3)13-19/h4-13H,14H2,1-3H3,(H,28,29). The molecule has 1 aromatic heterocycles. The summed E-state index contributed by atoms with van der Waals surface area (Å²) in [7, 11) is 0. The number of halogens is 1. The Morgan fingerprint density at radius 3 is 2.31 bits per heavy atom. The summed E-state index contributed by atoms with van der Waals surface area (Å²) >= 11 is 6.19. The molecule has 1 heterocycles. The van der Waals surface area contributed by atoms with Crippen LogP contribution in [0.15, 0.2) is 65.1 Å². The quantitative estimate of drug-likeness (QED) is 0.354. The van der Waals surface area contributed by atoms with Crippen LogP contribution in [0.25, 0.3) is 11.0 Å². The van der Waals surface area contributed by atoms with Crippen LogP contribution in [-0.2, 0) is 4.79 Å². The van der Waals surface area contributed by atoms with Gasteiger partial charge in [0.25, 0.3) is 5.91 Å². The molecule has 0 saturated carbocycles. The Morgan fingerprint density at radius 1 is 0.969 bits per heavy atom. The number of ether oxygens (including phenoxy) is 1. The molecule has 0 fully saturated rings. The molecule has 1 N–H and O–H groups in total. The third-order valence-corrected chi connectivity index (χ3v) is 5.76. The van der Waals surface area contributed by atoms with Crippen molar-refractivity contribution in [1.82, 2.24) is 0 Å². The molecular formula is C26H22ClNO4. The average Bonchev–Trinajstić information content (AvgIpc) is 3.14. The fourth-order valence-electron chi connectivity index (χ4n) is 3.48. The van der Waals surface area contributed by atoms with E-state index in [1.165, 1.54) is 0 Å². The van der Waals surface area contributed by atoms with Crippen LogP contribution in [0.2, 0.25) is 5.02 Å². The number of hydrogen-bond acceptors (Lipinski definition) is 4. The molecule has 32 heavy (non-hydrogen) atoms. The summed E-state index contributed by atoms with van der Waals surface area (Å²) in [6.45, 7) is 5.48. The minimum absolute atomic E-state index is 0.0848. The lowest BCUT2D eigenvalue weighted by molar-refractivity contribution is -0.118. The minimum atomic E-state index is -0.403. The van der Waals surface area contributed by atoms with Crippen molar-refractivity contribution in [3.63, 3.8) is 0 Å². The molecular weight excluding hydrogens is 426 g/mol. The Hall–Kier alpha value is -3.57. The van der Waals surface area contributed by atoms with Crippen molar-refractivity contribution < 1.29 is 18.7 Å². The van der Waals surface area contributed by atoms with Gasteiger partial charge in [0.1, 0.15) is 11.3 Å². The number of hydrogen-bond donors (Lipinski definition) is 1. The van der Waals surface area contributed by atoms with E-state index in [2.05, 4.69) is 5.32 Å². The highest BCUT2D eigenvalue weighted by Crippen LogP contribution is 2.33. The lowest BCUT2D eigenvalue weighted by Gasteiger charge is -2.10. The summed E-state index contributed by atoms with van der Waals surface area (Å²) in [5.74, 6) is -0.0738. The number of rotatable bonds is 6. The number of anilines is 1. The van der Waals surface area contributed by atoms with E-state index in [1.54, 1.807) is 36.4 Å². The number of carbonyl (C=O) groups is 2. The molecule has 162 valence electrons. The van der Waals surface area contributed by atoms with E-state index in [4.69, 9.17) is 20.8 Å². The SMILES string of the molecule is Cc1ccc(C(=O)c2oc3ccccc3c2NC(=O)COc2cc(C)c(Cl)c(C)c2)cc1. The molecule has 0 bridgehead atoms. The highest BCUT2D eigenvalue weighted by atomic mass is 35.5. The number of carbonyl (C=O) groups excluding carboxylic acids is 2. The Morgan fingerprint density at radius 2 is 1.62 bits per heavy atom.